The highest BCUT2D eigenvalue weighted by Gasteiger charge is 2.32. The van der Waals surface area contributed by atoms with Crippen LogP contribution in [-0.4, -0.2) is 19.8 Å². The van der Waals surface area contributed by atoms with Crippen molar-refractivity contribution in [1.29, 1.82) is 0 Å². The van der Waals surface area contributed by atoms with Crippen LogP contribution < -0.4 is 19.9 Å². The van der Waals surface area contributed by atoms with E-state index in [9.17, 15) is 26.3 Å². The maximum atomic E-state index is 12.3. The average Bonchev–Trinajstić information content (AvgIpc) is 2.52. The Labute approximate surface area is 156 Å². The Kier molecular flexibility index (Phi) is 7.21. The second-order valence-electron chi connectivity index (χ2n) is 5.05. The molecule has 0 unspecified atom stereocenters. The topological polar surface area (TPSA) is 53.7 Å². The SMILES string of the molecule is COc1cc(OC(F)(F)F)ccc1[C@H](N)c1ccc(OC(F)(F)F)cc1.Cl. The van der Waals surface area contributed by atoms with Gasteiger partial charge in [0.2, 0.25) is 0 Å². The van der Waals surface area contributed by atoms with Gasteiger partial charge >= 0.3 is 12.7 Å². The van der Waals surface area contributed by atoms with Crippen LogP contribution in [0.4, 0.5) is 26.3 Å². The first-order chi connectivity index (χ1) is 12.0. The van der Waals surface area contributed by atoms with Crippen molar-refractivity contribution < 1.29 is 40.6 Å². The molecule has 0 heterocycles. The van der Waals surface area contributed by atoms with Gasteiger partial charge in [0.05, 0.1) is 13.2 Å². The van der Waals surface area contributed by atoms with Crippen molar-refractivity contribution in [2.24, 2.45) is 5.73 Å². The van der Waals surface area contributed by atoms with E-state index in [-0.39, 0.29) is 18.2 Å². The summed E-state index contributed by atoms with van der Waals surface area (Å²) in [7, 11) is 1.24. The average molecular weight is 418 g/mol. The lowest BCUT2D eigenvalue weighted by molar-refractivity contribution is -0.275. The fraction of sp³-hybridized carbons (Fsp3) is 0.250. The monoisotopic (exact) mass is 417 g/mol. The van der Waals surface area contributed by atoms with Crippen molar-refractivity contribution in [3.05, 3.63) is 53.6 Å². The van der Waals surface area contributed by atoms with Crippen molar-refractivity contribution in [1.82, 2.24) is 0 Å². The Morgan fingerprint density at radius 2 is 1.30 bits per heavy atom. The molecule has 2 aromatic carbocycles. The van der Waals surface area contributed by atoms with Crippen LogP contribution in [0.5, 0.6) is 17.2 Å². The van der Waals surface area contributed by atoms with E-state index >= 15 is 0 Å². The van der Waals surface area contributed by atoms with E-state index in [1.165, 1.54) is 25.3 Å². The molecule has 0 radical (unpaired) electrons. The summed E-state index contributed by atoms with van der Waals surface area (Å²) in [5.74, 6) is -0.872. The molecule has 11 heteroatoms. The number of methoxy groups -OCH3 is 1. The normalized spacial score (nSPS) is 12.7. The highest BCUT2D eigenvalue weighted by atomic mass is 35.5. The molecule has 0 aliphatic heterocycles. The Morgan fingerprint density at radius 1 is 0.815 bits per heavy atom. The van der Waals surface area contributed by atoms with Gasteiger partial charge in [-0.2, -0.15) is 0 Å². The molecule has 0 spiro atoms. The number of nitrogens with two attached hydrogens (primary N) is 1. The Morgan fingerprint density at radius 3 is 1.78 bits per heavy atom. The summed E-state index contributed by atoms with van der Waals surface area (Å²) in [6.45, 7) is 0. The van der Waals surface area contributed by atoms with Crippen molar-refractivity contribution in [2.75, 3.05) is 7.11 Å². The van der Waals surface area contributed by atoms with Crippen molar-refractivity contribution in [2.45, 2.75) is 18.8 Å². The van der Waals surface area contributed by atoms with Crippen molar-refractivity contribution in [3.8, 4) is 17.2 Å². The first-order valence-electron chi connectivity index (χ1n) is 7.03. The van der Waals surface area contributed by atoms with Crippen LogP contribution in [0, 0.1) is 0 Å². The number of benzene rings is 2. The van der Waals surface area contributed by atoms with E-state index in [2.05, 4.69) is 9.47 Å². The molecular weight excluding hydrogens is 404 g/mol. The third-order valence-corrected chi connectivity index (χ3v) is 3.25. The predicted octanol–water partition coefficient (Wildman–Crippen LogP) is 4.96. The summed E-state index contributed by atoms with van der Waals surface area (Å²) < 4.78 is 85.9. The quantitative estimate of drug-likeness (QED) is 0.698. The fourth-order valence-electron chi connectivity index (χ4n) is 2.20. The summed E-state index contributed by atoms with van der Waals surface area (Å²) in [6.07, 6.45) is -9.68. The van der Waals surface area contributed by atoms with E-state index < -0.39 is 30.3 Å². The minimum atomic E-state index is -4.86. The summed E-state index contributed by atoms with van der Waals surface area (Å²) >= 11 is 0. The third kappa shape index (κ3) is 6.72. The lowest BCUT2D eigenvalue weighted by atomic mass is 9.98. The second-order valence-corrected chi connectivity index (χ2v) is 5.05. The van der Waals surface area contributed by atoms with Gasteiger partial charge in [-0.15, -0.1) is 38.7 Å². The molecular formula is C16H14ClF6NO3. The second kappa shape index (κ2) is 8.57. The van der Waals surface area contributed by atoms with E-state index in [0.29, 0.717) is 11.1 Å². The van der Waals surface area contributed by atoms with Crippen molar-refractivity contribution >= 4 is 12.4 Å². The largest absolute Gasteiger partial charge is 0.573 e. The lowest BCUT2D eigenvalue weighted by Gasteiger charge is -2.18. The molecule has 2 aromatic rings. The standard InChI is InChI=1S/C16H13F6NO3.ClH/c1-24-13-8-11(26-16(20,21)22)6-7-12(13)14(23)9-2-4-10(5-3-9)25-15(17,18)19;/h2-8,14H,23H2,1H3;1H/t14-;/m1./s1. The maximum Gasteiger partial charge on any atom is 0.573 e. The van der Waals surface area contributed by atoms with Gasteiger partial charge in [0, 0.05) is 11.6 Å². The van der Waals surface area contributed by atoms with Gasteiger partial charge in [0.15, 0.2) is 0 Å². The van der Waals surface area contributed by atoms with Gasteiger partial charge in [0.1, 0.15) is 17.2 Å². The van der Waals surface area contributed by atoms with E-state index in [4.69, 9.17) is 10.5 Å². The summed E-state index contributed by atoms with van der Waals surface area (Å²) in [5, 5.41) is 0. The number of halogens is 7. The molecule has 0 aromatic heterocycles. The molecule has 150 valence electrons. The molecule has 0 saturated heterocycles. The number of hydrogen-bond donors (Lipinski definition) is 1. The Bertz CT molecular complexity index is 749. The summed E-state index contributed by atoms with van der Waals surface area (Å²) in [5.41, 5.74) is 6.77. The number of hydrogen-bond acceptors (Lipinski definition) is 4. The number of ether oxygens (including phenoxy) is 3. The predicted molar refractivity (Wildman–Crippen MR) is 86.1 cm³/mol. The van der Waals surface area contributed by atoms with E-state index in [0.717, 1.165) is 24.3 Å². The molecule has 2 rings (SSSR count). The minimum Gasteiger partial charge on any atom is -0.496 e. The van der Waals surface area contributed by atoms with Gasteiger partial charge in [-0.05, 0) is 29.8 Å². The molecule has 27 heavy (non-hydrogen) atoms. The Balaban J connectivity index is 0.00000364. The highest BCUT2D eigenvalue weighted by Crippen LogP contribution is 2.34. The van der Waals surface area contributed by atoms with Gasteiger partial charge in [-0.1, -0.05) is 12.1 Å². The molecule has 0 bridgehead atoms. The zero-order valence-corrected chi connectivity index (χ0v) is 14.4. The van der Waals surface area contributed by atoms with Gasteiger partial charge in [-0.25, -0.2) is 0 Å². The highest BCUT2D eigenvalue weighted by molar-refractivity contribution is 5.85. The van der Waals surface area contributed by atoms with E-state index in [1.54, 1.807) is 0 Å². The van der Waals surface area contributed by atoms with Crippen LogP contribution in [0.1, 0.15) is 17.2 Å². The van der Waals surface area contributed by atoms with Crippen LogP contribution in [-0.2, 0) is 0 Å². The third-order valence-electron chi connectivity index (χ3n) is 3.25. The zero-order chi connectivity index (χ0) is 19.5. The van der Waals surface area contributed by atoms with Crippen LogP contribution in [0.2, 0.25) is 0 Å². The molecule has 0 saturated carbocycles. The zero-order valence-electron chi connectivity index (χ0n) is 13.6. The maximum absolute atomic E-state index is 12.3. The van der Waals surface area contributed by atoms with Crippen LogP contribution in [0.15, 0.2) is 42.5 Å². The van der Waals surface area contributed by atoms with Gasteiger partial charge in [-0.3, -0.25) is 0 Å². The smallest absolute Gasteiger partial charge is 0.496 e. The molecule has 2 N–H and O–H groups in total. The van der Waals surface area contributed by atoms with Crippen LogP contribution >= 0.6 is 12.4 Å². The van der Waals surface area contributed by atoms with Crippen LogP contribution in [0.3, 0.4) is 0 Å². The number of rotatable bonds is 5. The lowest BCUT2D eigenvalue weighted by Crippen LogP contribution is -2.18. The first kappa shape index (κ1) is 22.7. The van der Waals surface area contributed by atoms with Crippen molar-refractivity contribution in [3.63, 3.8) is 0 Å². The molecule has 0 aliphatic rings. The molecule has 0 amide bonds. The van der Waals surface area contributed by atoms with Gasteiger partial charge in [0.25, 0.3) is 0 Å². The first-order valence-corrected chi connectivity index (χ1v) is 7.03. The number of alkyl halides is 6. The van der Waals surface area contributed by atoms with Crippen LogP contribution in [0.25, 0.3) is 0 Å². The molecule has 0 fully saturated rings. The summed E-state index contributed by atoms with van der Waals surface area (Å²) in [6, 6.07) is 7.29. The minimum absolute atomic E-state index is 0. The molecule has 1 atom stereocenters. The summed E-state index contributed by atoms with van der Waals surface area (Å²) in [4.78, 5) is 0. The molecule has 0 aliphatic carbocycles. The van der Waals surface area contributed by atoms with E-state index in [1.807, 2.05) is 0 Å². The Hall–Kier alpha value is -2.33. The molecule has 4 nitrogen and oxygen atoms in total. The fourth-order valence-corrected chi connectivity index (χ4v) is 2.20. The van der Waals surface area contributed by atoms with Gasteiger partial charge < -0.3 is 19.9 Å².